The minimum atomic E-state index is -0.908. The van der Waals surface area contributed by atoms with Gasteiger partial charge in [0, 0.05) is 24.5 Å². The fourth-order valence-corrected chi connectivity index (χ4v) is 4.41. The molecule has 1 aromatic heterocycles. The van der Waals surface area contributed by atoms with Gasteiger partial charge in [-0.25, -0.2) is 0 Å². The topological polar surface area (TPSA) is 109 Å². The van der Waals surface area contributed by atoms with E-state index in [-0.39, 0.29) is 29.4 Å². The van der Waals surface area contributed by atoms with Crippen LogP contribution in [0, 0.1) is 6.92 Å². The maximum Gasteiger partial charge on any atom is 0.295 e. The number of aromatic hydroxyl groups is 1. The van der Waals surface area contributed by atoms with Gasteiger partial charge in [0.1, 0.15) is 11.5 Å². The van der Waals surface area contributed by atoms with E-state index in [2.05, 4.69) is 11.9 Å². The van der Waals surface area contributed by atoms with Gasteiger partial charge < -0.3 is 24.6 Å². The summed E-state index contributed by atoms with van der Waals surface area (Å²) >= 11 is 0. The molecule has 8 heteroatoms. The van der Waals surface area contributed by atoms with Crippen molar-refractivity contribution in [3.05, 3.63) is 88.8 Å². The molecule has 1 aliphatic heterocycles. The lowest BCUT2D eigenvalue weighted by Gasteiger charge is -2.26. The fourth-order valence-electron chi connectivity index (χ4n) is 4.41. The van der Waals surface area contributed by atoms with Crippen LogP contribution in [0.1, 0.15) is 48.1 Å². The summed E-state index contributed by atoms with van der Waals surface area (Å²) in [6.45, 7) is 4.58. The highest BCUT2D eigenvalue weighted by Gasteiger charge is 2.46. The number of ketones is 1. The number of methoxy groups -OCH3 is 1. The standard InChI is InChI=1S/C29H30N2O6/c1-4-5-13-37-21-9-10-22(18(2)14-21)27(33)25-26(20-8-11-23(32)24(15-20)36-3)31(29(35)28(25)34)17-19-7-6-12-30-16-19/h6-12,14-16,26,32-33H,4-5,13,17H2,1-3H3/b27-25+/t26-/m1/s1. The van der Waals surface area contributed by atoms with Gasteiger partial charge >= 0.3 is 0 Å². The maximum atomic E-state index is 13.3. The highest BCUT2D eigenvalue weighted by molar-refractivity contribution is 6.46. The number of pyridine rings is 1. The fraction of sp³-hybridized carbons (Fsp3) is 0.276. The minimum Gasteiger partial charge on any atom is -0.507 e. The van der Waals surface area contributed by atoms with Gasteiger partial charge in [-0.3, -0.25) is 14.6 Å². The van der Waals surface area contributed by atoms with E-state index < -0.39 is 17.7 Å². The summed E-state index contributed by atoms with van der Waals surface area (Å²) < 4.78 is 11.0. The van der Waals surface area contributed by atoms with Crippen LogP contribution in [-0.2, 0) is 16.1 Å². The summed E-state index contributed by atoms with van der Waals surface area (Å²) in [4.78, 5) is 32.1. The Bertz CT molecular complexity index is 1340. The predicted octanol–water partition coefficient (Wildman–Crippen LogP) is 4.91. The molecule has 1 saturated heterocycles. The largest absolute Gasteiger partial charge is 0.507 e. The van der Waals surface area contributed by atoms with Crippen molar-refractivity contribution in [3.8, 4) is 17.2 Å². The molecule has 0 saturated carbocycles. The van der Waals surface area contributed by atoms with E-state index in [0.717, 1.165) is 18.4 Å². The monoisotopic (exact) mass is 502 g/mol. The predicted molar refractivity (Wildman–Crippen MR) is 138 cm³/mol. The summed E-state index contributed by atoms with van der Waals surface area (Å²) in [5.41, 5.74) is 2.33. The van der Waals surface area contributed by atoms with Crippen LogP contribution in [0.5, 0.6) is 17.2 Å². The number of hydrogen-bond donors (Lipinski definition) is 2. The number of likely N-dealkylation sites (tertiary alicyclic amines) is 1. The molecular weight excluding hydrogens is 472 g/mol. The van der Waals surface area contributed by atoms with E-state index in [9.17, 15) is 19.8 Å². The number of aryl methyl sites for hydroxylation is 1. The number of carbonyl (C=O) groups excluding carboxylic acids is 2. The molecule has 2 heterocycles. The Balaban J connectivity index is 1.82. The van der Waals surface area contributed by atoms with Crippen molar-refractivity contribution in [2.45, 2.75) is 39.3 Å². The van der Waals surface area contributed by atoms with Crippen molar-refractivity contribution >= 4 is 17.4 Å². The normalized spacial score (nSPS) is 16.7. The Morgan fingerprint density at radius 2 is 1.95 bits per heavy atom. The summed E-state index contributed by atoms with van der Waals surface area (Å²) in [6.07, 6.45) is 5.18. The smallest absolute Gasteiger partial charge is 0.295 e. The van der Waals surface area contributed by atoms with Gasteiger partial charge in [0.25, 0.3) is 11.7 Å². The first-order valence-corrected chi connectivity index (χ1v) is 12.1. The molecular formula is C29H30N2O6. The first-order chi connectivity index (χ1) is 17.8. The third-order valence-corrected chi connectivity index (χ3v) is 6.35. The highest BCUT2D eigenvalue weighted by atomic mass is 16.5. The van der Waals surface area contributed by atoms with E-state index >= 15 is 0 Å². The Morgan fingerprint density at radius 3 is 2.62 bits per heavy atom. The number of aromatic nitrogens is 1. The lowest BCUT2D eigenvalue weighted by Crippen LogP contribution is -2.29. The number of aliphatic hydroxyl groups is 1. The molecule has 192 valence electrons. The first-order valence-electron chi connectivity index (χ1n) is 12.1. The second-order valence-corrected chi connectivity index (χ2v) is 8.90. The van der Waals surface area contributed by atoms with Crippen LogP contribution in [0.25, 0.3) is 5.76 Å². The number of benzene rings is 2. The molecule has 1 aliphatic rings. The quantitative estimate of drug-likeness (QED) is 0.185. The molecule has 0 unspecified atom stereocenters. The number of amides is 1. The molecule has 2 N–H and O–H groups in total. The summed E-state index contributed by atoms with van der Waals surface area (Å²) in [7, 11) is 1.42. The van der Waals surface area contributed by atoms with Crippen LogP contribution in [0.4, 0.5) is 0 Å². The number of Topliss-reactive ketones (excluding diaryl/α,β-unsaturated/α-hetero) is 1. The molecule has 4 rings (SSSR count). The number of unbranched alkanes of at least 4 members (excludes halogenated alkanes) is 1. The molecule has 0 bridgehead atoms. The van der Waals surface area contributed by atoms with Gasteiger partial charge in [-0.05, 0) is 66.4 Å². The molecule has 0 spiro atoms. The maximum absolute atomic E-state index is 13.3. The van der Waals surface area contributed by atoms with Gasteiger partial charge in [0.05, 0.1) is 25.3 Å². The molecule has 0 radical (unpaired) electrons. The Labute approximate surface area is 215 Å². The average molecular weight is 503 g/mol. The lowest BCUT2D eigenvalue weighted by molar-refractivity contribution is -0.140. The molecule has 8 nitrogen and oxygen atoms in total. The van der Waals surface area contributed by atoms with Gasteiger partial charge in [0.15, 0.2) is 11.5 Å². The number of ether oxygens (including phenoxy) is 2. The third kappa shape index (κ3) is 5.28. The van der Waals surface area contributed by atoms with Crippen LogP contribution >= 0.6 is 0 Å². The van der Waals surface area contributed by atoms with Gasteiger partial charge in [-0.1, -0.05) is 25.5 Å². The number of rotatable bonds is 9. The average Bonchev–Trinajstić information content (AvgIpc) is 3.14. The van der Waals surface area contributed by atoms with Crippen molar-refractivity contribution in [1.29, 1.82) is 0 Å². The molecule has 37 heavy (non-hydrogen) atoms. The van der Waals surface area contributed by atoms with E-state index in [1.807, 2.05) is 13.0 Å². The van der Waals surface area contributed by atoms with Crippen LogP contribution in [-0.4, -0.2) is 45.5 Å². The third-order valence-electron chi connectivity index (χ3n) is 6.35. The minimum absolute atomic E-state index is 0.0376. The first kappa shape index (κ1) is 25.8. The van der Waals surface area contributed by atoms with Crippen LogP contribution < -0.4 is 9.47 Å². The Morgan fingerprint density at radius 1 is 1.14 bits per heavy atom. The Hall–Kier alpha value is -4.33. The van der Waals surface area contributed by atoms with E-state index in [1.54, 1.807) is 48.8 Å². The number of phenolic OH excluding ortho intramolecular Hbond substituents is 1. The zero-order chi connectivity index (χ0) is 26.5. The van der Waals surface area contributed by atoms with Crippen LogP contribution in [0.3, 0.4) is 0 Å². The zero-order valence-corrected chi connectivity index (χ0v) is 21.1. The summed E-state index contributed by atoms with van der Waals surface area (Å²) in [5, 5.41) is 21.6. The molecule has 3 aromatic rings. The van der Waals surface area contributed by atoms with Crippen LogP contribution in [0.15, 0.2) is 66.5 Å². The molecule has 1 atom stereocenters. The van der Waals surface area contributed by atoms with E-state index in [0.29, 0.717) is 29.0 Å². The second-order valence-electron chi connectivity index (χ2n) is 8.90. The summed E-state index contributed by atoms with van der Waals surface area (Å²) in [5.74, 6) is -1.03. The van der Waals surface area contributed by atoms with Crippen LogP contribution in [0.2, 0.25) is 0 Å². The number of hydrogen-bond acceptors (Lipinski definition) is 7. The van der Waals surface area contributed by atoms with Crippen molar-refractivity contribution in [2.24, 2.45) is 0 Å². The number of carbonyl (C=O) groups is 2. The Kier molecular flexibility index (Phi) is 7.77. The molecule has 1 amide bonds. The lowest BCUT2D eigenvalue weighted by atomic mass is 9.93. The van der Waals surface area contributed by atoms with Gasteiger partial charge in [-0.15, -0.1) is 0 Å². The number of aliphatic hydroxyl groups excluding tert-OH is 1. The highest BCUT2D eigenvalue weighted by Crippen LogP contribution is 2.43. The zero-order valence-electron chi connectivity index (χ0n) is 21.1. The van der Waals surface area contributed by atoms with Crippen molar-refractivity contribution in [1.82, 2.24) is 9.88 Å². The SMILES string of the molecule is CCCCOc1ccc(/C(O)=C2\C(=O)C(=O)N(Cc3cccnc3)[C@@H]2c2ccc(O)c(OC)c2)c(C)c1. The molecule has 2 aromatic carbocycles. The second kappa shape index (κ2) is 11.2. The van der Waals surface area contributed by atoms with E-state index in [1.165, 1.54) is 18.1 Å². The van der Waals surface area contributed by atoms with Crippen molar-refractivity contribution in [2.75, 3.05) is 13.7 Å². The van der Waals surface area contributed by atoms with E-state index in [4.69, 9.17) is 9.47 Å². The number of phenols is 1. The number of nitrogens with zero attached hydrogens (tertiary/aromatic N) is 2. The van der Waals surface area contributed by atoms with Crippen molar-refractivity contribution in [3.63, 3.8) is 0 Å². The summed E-state index contributed by atoms with van der Waals surface area (Å²) in [6, 6.07) is 12.5. The van der Waals surface area contributed by atoms with Gasteiger partial charge in [0.2, 0.25) is 0 Å². The van der Waals surface area contributed by atoms with Crippen molar-refractivity contribution < 1.29 is 29.3 Å². The van der Waals surface area contributed by atoms with Gasteiger partial charge in [-0.2, -0.15) is 0 Å². The molecule has 0 aliphatic carbocycles. The molecule has 1 fully saturated rings.